The van der Waals surface area contributed by atoms with Crippen molar-refractivity contribution in [1.29, 1.82) is 0 Å². The Balaban J connectivity index is 2.24. The van der Waals surface area contributed by atoms with E-state index in [2.05, 4.69) is 0 Å². The molecule has 0 bridgehead atoms. The molecular weight excluding hydrogens is 547 g/mol. The van der Waals surface area contributed by atoms with Crippen molar-refractivity contribution >= 4 is 53.7 Å². The zero-order valence-corrected chi connectivity index (χ0v) is 20.6. The van der Waals surface area contributed by atoms with Gasteiger partial charge in [0.25, 0.3) is 0 Å². The van der Waals surface area contributed by atoms with Crippen molar-refractivity contribution in [3.05, 3.63) is 138 Å². The molecule has 0 aromatic heterocycles. The zero-order chi connectivity index (χ0) is 26.7. The Morgan fingerprint density at radius 1 is 0.405 bits per heavy atom. The maximum atomic E-state index is 11.7. The minimum atomic E-state index is -4.35. The van der Waals surface area contributed by atoms with Crippen LogP contribution in [0.1, 0.15) is 0 Å². The summed E-state index contributed by atoms with van der Waals surface area (Å²) in [7, 11) is 0. The Morgan fingerprint density at radius 2 is 0.622 bits per heavy atom. The summed E-state index contributed by atoms with van der Waals surface area (Å²) in [4.78, 5) is 44.3. The van der Waals surface area contributed by atoms with Crippen LogP contribution in [0.4, 0.5) is 22.7 Å². The van der Waals surface area contributed by atoms with E-state index in [0.29, 0.717) is 17.4 Å². The first-order chi connectivity index (χ1) is 17.6. The third-order valence-corrected chi connectivity index (χ3v) is 14.5. The first kappa shape index (κ1) is 25.1. The summed E-state index contributed by atoms with van der Waals surface area (Å²) in [6.07, 6.45) is 0. The van der Waals surface area contributed by atoms with Crippen molar-refractivity contribution in [2.45, 2.75) is 0 Å². The molecule has 1 radical (unpaired) electrons. The third kappa shape index (κ3) is 4.65. The predicted molar refractivity (Wildman–Crippen MR) is 137 cm³/mol. The van der Waals surface area contributed by atoms with Gasteiger partial charge in [0.1, 0.15) is 0 Å². The van der Waals surface area contributed by atoms with E-state index in [9.17, 15) is 40.5 Å². The van der Waals surface area contributed by atoms with Crippen molar-refractivity contribution in [1.82, 2.24) is 0 Å². The molecule has 0 atom stereocenters. The van der Waals surface area contributed by atoms with Gasteiger partial charge in [-0.25, -0.2) is 0 Å². The molecule has 0 aliphatic carbocycles. The molecule has 12 nitrogen and oxygen atoms in total. The van der Waals surface area contributed by atoms with Gasteiger partial charge in [-0.3, -0.25) is 0 Å². The zero-order valence-electron chi connectivity index (χ0n) is 18.7. The second-order valence-corrected chi connectivity index (χ2v) is 14.9. The molecule has 13 heteroatoms. The Bertz CT molecular complexity index is 1340. The van der Waals surface area contributed by atoms with Crippen molar-refractivity contribution in [2.75, 3.05) is 0 Å². The van der Waals surface area contributed by atoms with Crippen LogP contribution >= 0.6 is 0 Å². The summed E-state index contributed by atoms with van der Waals surface area (Å²) >= 11 is -4.35. The molecule has 0 saturated heterocycles. The summed E-state index contributed by atoms with van der Waals surface area (Å²) in [6.45, 7) is 0. The van der Waals surface area contributed by atoms with Crippen molar-refractivity contribution < 1.29 is 19.7 Å². The quantitative estimate of drug-likeness (QED) is 0.179. The average molecular weight is 563 g/mol. The standard InChI is InChI=1S/C24H16AsN4O8/c30-26(31)21-9-1-5-17(13-21)25(18-6-2-10-22(14-18)27(32)33,19-7-3-11-23(15-19)28(34)35)20-8-4-12-24(16-20)29(36)37/h1-16H. The van der Waals surface area contributed by atoms with Crippen molar-refractivity contribution in [2.24, 2.45) is 0 Å². The topological polar surface area (TPSA) is 173 Å². The number of hydrogen-bond donors (Lipinski definition) is 0. The fraction of sp³-hybridized carbons (Fsp3) is 0. The van der Waals surface area contributed by atoms with Crippen molar-refractivity contribution in [3.8, 4) is 0 Å². The first-order valence-electron chi connectivity index (χ1n) is 10.5. The fourth-order valence-electron chi connectivity index (χ4n) is 4.16. The van der Waals surface area contributed by atoms with Crippen LogP contribution in [0, 0.1) is 40.5 Å². The van der Waals surface area contributed by atoms with Gasteiger partial charge < -0.3 is 0 Å². The molecule has 4 aromatic carbocycles. The third-order valence-electron chi connectivity index (χ3n) is 5.71. The number of nitro groups is 4. The van der Waals surface area contributed by atoms with Crippen LogP contribution in [0.5, 0.6) is 0 Å². The van der Waals surface area contributed by atoms with Gasteiger partial charge in [0.15, 0.2) is 0 Å². The van der Waals surface area contributed by atoms with Crippen molar-refractivity contribution in [3.63, 3.8) is 0 Å². The Morgan fingerprint density at radius 3 is 0.811 bits per heavy atom. The molecule has 0 N–H and O–H groups in total. The number of non-ortho nitro benzene ring substituents is 4. The van der Waals surface area contributed by atoms with Gasteiger partial charge in [0.05, 0.1) is 0 Å². The molecule has 0 heterocycles. The van der Waals surface area contributed by atoms with Gasteiger partial charge in [-0.15, -0.1) is 0 Å². The second kappa shape index (κ2) is 9.96. The van der Waals surface area contributed by atoms with Crippen LogP contribution in [0.3, 0.4) is 0 Å². The van der Waals surface area contributed by atoms with Gasteiger partial charge in [-0.05, 0) is 0 Å². The average Bonchev–Trinajstić information content (AvgIpc) is 2.90. The summed E-state index contributed by atoms with van der Waals surface area (Å²) in [6, 6.07) is 22.7. The Labute approximate surface area is 210 Å². The van der Waals surface area contributed by atoms with Crippen LogP contribution in [0.15, 0.2) is 97.1 Å². The van der Waals surface area contributed by atoms with Crippen LogP contribution in [-0.4, -0.2) is 33.2 Å². The molecule has 4 aromatic rings. The van der Waals surface area contributed by atoms with E-state index in [-0.39, 0.29) is 22.7 Å². The summed E-state index contributed by atoms with van der Waals surface area (Å²) in [5.41, 5.74) is -1.04. The summed E-state index contributed by atoms with van der Waals surface area (Å²) in [5.74, 6) is 0. The molecule has 0 aliphatic rings. The molecule has 0 fully saturated rings. The maximum absolute atomic E-state index is 11.7. The van der Waals surface area contributed by atoms with Gasteiger partial charge in [-0.1, -0.05) is 0 Å². The van der Waals surface area contributed by atoms with Gasteiger partial charge in [0, 0.05) is 0 Å². The normalized spacial score (nSPS) is 11.0. The number of nitrogens with zero attached hydrogens (tertiary/aromatic N) is 4. The summed E-state index contributed by atoms with van der Waals surface area (Å²) < 4.78 is 1.59. The number of hydrogen-bond acceptors (Lipinski definition) is 8. The SMILES string of the molecule is O=[N+]([O-])c1cccc([As](c2cccc([N+](=O)[O-])c2)(c2cccc([N+](=O)[O-])c2)c2cccc([N+](=O)[O-])c2)c1. The van der Waals surface area contributed by atoms with E-state index in [1.807, 2.05) is 0 Å². The molecule has 0 aliphatic heterocycles. The molecule has 37 heavy (non-hydrogen) atoms. The van der Waals surface area contributed by atoms with Gasteiger partial charge in [0.2, 0.25) is 0 Å². The minimum absolute atomic E-state index is 0.260. The van der Waals surface area contributed by atoms with E-state index in [1.54, 1.807) is 24.3 Å². The van der Waals surface area contributed by atoms with Gasteiger partial charge >= 0.3 is 211 Å². The number of nitro benzene ring substituents is 4. The van der Waals surface area contributed by atoms with Gasteiger partial charge in [-0.2, -0.15) is 0 Å². The van der Waals surface area contributed by atoms with E-state index in [1.165, 1.54) is 72.8 Å². The second-order valence-electron chi connectivity index (χ2n) is 7.78. The number of benzene rings is 4. The van der Waals surface area contributed by atoms with Crippen LogP contribution < -0.4 is 17.4 Å². The molecule has 4 rings (SSSR count). The Kier molecular flexibility index (Phi) is 6.76. The van der Waals surface area contributed by atoms with E-state index in [4.69, 9.17) is 0 Å². The van der Waals surface area contributed by atoms with E-state index in [0.717, 1.165) is 0 Å². The van der Waals surface area contributed by atoms with E-state index >= 15 is 0 Å². The molecule has 0 amide bonds. The molecule has 0 spiro atoms. The monoisotopic (exact) mass is 563 g/mol. The summed E-state index contributed by atoms with van der Waals surface area (Å²) in [5, 5.41) is 46.7. The molecule has 0 saturated carbocycles. The van der Waals surface area contributed by atoms with Crippen LogP contribution in [0.25, 0.3) is 0 Å². The van der Waals surface area contributed by atoms with Crippen LogP contribution in [-0.2, 0) is 0 Å². The molecule has 0 unspecified atom stereocenters. The van der Waals surface area contributed by atoms with E-state index < -0.39 is 33.2 Å². The molecule has 185 valence electrons. The first-order valence-corrected chi connectivity index (χ1v) is 14.3. The fourth-order valence-corrected chi connectivity index (χ4v) is 13.2. The Hall–Kier alpha value is -4.96. The predicted octanol–water partition coefficient (Wildman–Crippen LogP) is 2.70. The number of rotatable bonds is 8. The van der Waals surface area contributed by atoms with Crippen LogP contribution in [0.2, 0.25) is 0 Å². The molecular formula is C24H16AsN4O8.